The van der Waals surface area contributed by atoms with Gasteiger partial charge in [0.1, 0.15) is 5.82 Å². The average Bonchev–Trinajstić information content (AvgIpc) is 2.58. The number of aliphatic imine (C=N–C) groups is 1. The Balaban J connectivity index is 0.00000312. The van der Waals surface area contributed by atoms with Crippen LogP contribution in [-0.2, 0) is 0 Å². The third-order valence-corrected chi connectivity index (χ3v) is 4.11. The van der Waals surface area contributed by atoms with Crippen molar-refractivity contribution in [2.75, 3.05) is 38.1 Å². The number of hydrogen-bond acceptors (Lipinski definition) is 4. The van der Waals surface area contributed by atoms with Gasteiger partial charge in [-0.25, -0.2) is 4.98 Å². The number of nitrogens with one attached hydrogen (secondary N) is 3. The summed E-state index contributed by atoms with van der Waals surface area (Å²) in [5.41, 5.74) is 0.150. The van der Waals surface area contributed by atoms with Gasteiger partial charge in [-0.05, 0) is 45.7 Å². The fraction of sp³-hybridized carbons (Fsp3) is 0.667. The minimum Gasteiger partial charge on any atom is -0.356 e. The second-order valence-corrected chi connectivity index (χ2v) is 7.27. The summed E-state index contributed by atoms with van der Waals surface area (Å²) in [4.78, 5) is 11.1. The van der Waals surface area contributed by atoms with Gasteiger partial charge < -0.3 is 20.9 Å². The number of nitrogens with zero attached hydrogens (tertiary/aromatic N) is 3. The fourth-order valence-corrected chi connectivity index (χ4v) is 2.80. The van der Waals surface area contributed by atoms with Crippen LogP contribution in [0.15, 0.2) is 29.4 Å². The van der Waals surface area contributed by atoms with Crippen molar-refractivity contribution in [3.63, 3.8) is 0 Å². The second-order valence-electron chi connectivity index (χ2n) is 7.27. The normalized spacial score (nSPS) is 16.3. The molecule has 142 valence electrons. The summed E-state index contributed by atoms with van der Waals surface area (Å²) in [6, 6.07) is 6.55. The van der Waals surface area contributed by atoms with Crippen molar-refractivity contribution in [3.05, 3.63) is 24.4 Å². The van der Waals surface area contributed by atoms with Crippen molar-refractivity contribution in [2.45, 2.75) is 45.2 Å². The fourth-order valence-electron chi connectivity index (χ4n) is 2.80. The number of aromatic nitrogens is 1. The van der Waals surface area contributed by atoms with E-state index in [4.69, 9.17) is 0 Å². The Morgan fingerprint density at radius 1 is 1.24 bits per heavy atom. The van der Waals surface area contributed by atoms with E-state index in [0.29, 0.717) is 6.04 Å². The minimum atomic E-state index is 0. The van der Waals surface area contributed by atoms with Gasteiger partial charge in [-0.2, -0.15) is 0 Å². The Morgan fingerprint density at radius 3 is 2.52 bits per heavy atom. The van der Waals surface area contributed by atoms with Gasteiger partial charge in [0.05, 0.1) is 0 Å². The van der Waals surface area contributed by atoms with Crippen LogP contribution in [0.5, 0.6) is 0 Å². The van der Waals surface area contributed by atoms with E-state index in [2.05, 4.69) is 57.7 Å². The lowest BCUT2D eigenvalue weighted by atomic mass is 10.1. The molecule has 1 aliphatic rings. The van der Waals surface area contributed by atoms with E-state index in [1.54, 1.807) is 0 Å². The smallest absolute Gasteiger partial charge is 0.191 e. The highest BCUT2D eigenvalue weighted by molar-refractivity contribution is 14.0. The summed E-state index contributed by atoms with van der Waals surface area (Å²) in [6.45, 7) is 10.4. The molecule has 3 N–H and O–H groups in total. The number of piperidine rings is 1. The van der Waals surface area contributed by atoms with E-state index < -0.39 is 0 Å². The quantitative estimate of drug-likeness (QED) is 0.272. The molecule has 7 heteroatoms. The van der Waals surface area contributed by atoms with E-state index in [1.165, 1.54) is 0 Å². The zero-order chi connectivity index (χ0) is 17.4. The van der Waals surface area contributed by atoms with Gasteiger partial charge in [-0.1, -0.05) is 6.07 Å². The number of halogens is 1. The molecule has 1 aromatic heterocycles. The molecule has 0 amide bonds. The molecule has 0 saturated carbocycles. The molecule has 1 aromatic rings. The molecule has 1 fully saturated rings. The summed E-state index contributed by atoms with van der Waals surface area (Å²) in [6.07, 6.45) is 4.05. The molecule has 0 unspecified atom stereocenters. The molecule has 0 bridgehead atoms. The monoisotopic (exact) mass is 460 g/mol. The van der Waals surface area contributed by atoms with Crippen molar-refractivity contribution in [1.82, 2.24) is 20.9 Å². The first-order valence-corrected chi connectivity index (χ1v) is 8.86. The van der Waals surface area contributed by atoms with E-state index in [0.717, 1.165) is 50.8 Å². The zero-order valence-corrected chi connectivity index (χ0v) is 18.2. The third-order valence-electron chi connectivity index (χ3n) is 4.11. The lowest BCUT2D eigenvalue weighted by molar-refractivity contribution is 0.426. The first-order chi connectivity index (χ1) is 11.5. The van der Waals surface area contributed by atoms with Gasteiger partial charge in [0.25, 0.3) is 0 Å². The summed E-state index contributed by atoms with van der Waals surface area (Å²) < 4.78 is 0. The van der Waals surface area contributed by atoms with Crippen molar-refractivity contribution in [3.8, 4) is 0 Å². The van der Waals surface area contributed by atoms with Crippen LogP contribution in [0.4, 0.5) is 5.82 Å². The van der Waals surface area contributed by atoms with Gasteiger partial charge in [-0.3, -0.25) is 4.99 Å². The van der Waals surface area contributed by atoms with Gasteiger partial charge in [0.2, 0.25) is 0 Å². The highest BCUT2D eigenvalue weighted by Crippen LogP contribution is 2.17. The summed E-state index contributed by atoms with van der Waals surface area (Å²) in [7, 11) is 1.83. The molecule has 6 nitrogen and oxygen atoms in total. The lowest BCUT2D eigenvalue weighted by Crippen LogP contribution is -2.50. The van der Waals surface area contributed by atoms with Crippen molar-refractivity contribution in [2.24, 2.45) is 4.99 Å². The first-order valence-electron chi connectivity index (χ1n) is 8.86. The Hall–Kier alpha value is -1.09. The van der Waals surface area contributed by atoms with Crippen molar-refractivity contribution < 1.29 is 0 Å². The number of anilines is 1. The number of hydrogen-bond donors (Lipinski definition) is 3. The summed E-state index contributed by atoms with van der Waals surface area (Å²) in [5, 5.41) is 10.4. The molecule has 0 atom stereocenters. The van der Waals surface area contributed by atoms with Crippen LogP contribution in [0.1, 0.15) is 33.6 Å². The standard InChI is InChI=1S/C18H32N6.HI/c1-18(2,3)22-12-11-21-17(19-4)23-15-8-13-24(14-9-15)16-7-5-6-10-20-16;/h5-7,10,15,22H,8-9,11-14H2,1-4H3,(H2,19,21,23);1H. The highest BCUT2D eigenvalue weighted by Gasteiger charge is 2.20. The summed E-state index contributed by atoms with van der Waals surface area (Å²) >= 11 is 0. The van der Waals surface area contributed by atoms with E-state index in [1.807, 2.05) is 25.4 Å². The Labute approximate surface area is 169 Å². The van der Waals surface area contributed by atoms with E-state index >= 15 is 0 Å². The average molecular weight is 460 g/mol. The predicted octanol–water partition coefficient (Wildman–Crippen LogP) is 2.22. The van der Waals surface area contributed by atoms with Crippen molar-refractivity contribution >= 4 is 35.8 Å². The minimum absolute atomic E-state index is 0. The molecule has 1 aliphatic heterocycles. The maximum atomic E-state index is 4.44. The van der Waals surface area contributed by atoms with E-state index in [9.17, 15) is 0 Å². The number of rotatable bonds is 5. The Bertz CT molecular complexity index is 506. The van der Waals surface area contributed by atoms with Gasteiger partial charge >= 0.3 is 0 Å². The maximum Gasteiger partial charge on any atom is 0.191 e. The first kappa shape index (κ1) is 22.0. The molecule has 2 heterocycles. The Morgan fingerprint density at radius 2 is 1.96 bits per heavy atom. The van der Waals surface area contributed by atoms with Crippen LogP contribution in [0.3, 0.4) is 0 Å². The van der Waals surface area contributed by atoms with Crippen LogP contribution < -0.4 is 20.9 Å². The number of guanidine groups is 1. The second kappa shape index (κ2) is 10.8. The molecule has 2 rings (SSSR count). The van der Waals surface area contributed by atoms with Crippen LogP contribution in [0.2, 0.25) is 0 Å². The lowest BCUT2D eigenvalue weighted by Gasteiger charge is -2.33. The van der Waals surface area contributed by atoms with E-state index in [-0.39, 0.29) is 29.5 Å². The molecular weight excluding hydrogens is 427 g/mol. The maximum absolute atomic E-state index is 4.44. The van der Waals surface area contributed by atoms with Crippen LogP contribution in [0.25, 0.3) is 0 Å². The van der Waals surface area contributed by atoms with Crippen LogP contribution >= 0.6 is 24.0 Å². The largest absolute Gasteiger partial charge is 0.356 e. The predicted molar refractivity (Wildman–Crippen MR) is 117 cm³/mol. The zero-order valence-electron chi connectivity index (χ0n) is 15.9. The molecule has 0 aromatic carbocycles. The molecule has 0 aliphatic carbocycles. The SMILES string of the molecule is CN=C(NCCNC(C)(C)C)NC1CCN(c2ccccn2)CC1.I. The molecule has 0 spiro atoms. The molecule has 0 radical (unpaired) electrons. The van der Waals surface area contributed by atoms with Crippen LogP contribution in [-0.4, -0.2) is 55.8 Å². The Kier molecular flexibility index (Phi) is 9.48. The topological polar surface area (TPSA) is 64.6 Å². The number of pyridine rings is 1. The highest BCUT2D eigenvalue weighted by atomic mass is 127. The van der Waals surface area contributed by atoms with Gasteiger partial charge in [0.15, 0.2) is 5.96 Å². The van der Waals surface area contributed by atoms with Crippen LogP contribution in [0, 0.1) is 0 Å². The third kappa shape index (κ3) is 8.22. The molecule has 25 heavy (non-hydrogen) atoms. The van der Waals surface area contributed by atoms with Gasteiger partial charge in [-0.15, -0.1) is 24.0 Å². The molecular formula is C18H33IN6. The van der Waals surface area contributed by atoms with Crippen molar-refractivity contribution in [1.29, 1.82) is 0 Å². The molecule has 1 saturated heterocycles. The van der Waals surface area contributed by atoms with Gasteiger partial charge in [0, 0.05) is 51.0 Å². The summed E-state index contributed by atoms with van der Waals surface area (Å²) in [5.74, 6) is 1.97.